The van der Waals surface area contributed by atoms with Gasteiger partial charge in [-0.1, -0.05) is 36.3 Å². The number of carbonyl (C=O) groups excluding carboxylic acids is 1. The van der Waals surface area contributed by atoms with Crippen molar-refractivity contribution in [1.29, 1.82) is 0 Å². The van der Waals surface area contributed by atoms with Gasteiger partial charge in [-0.3, -0.25) is 4.79 Å². The van der Waals surface area contributed by atoms with Crippen molar-refractivity contribution in [2.24, 2.45) is 0 Å². The molecule has 2 aromatic rings. The molecule has 0 radical (unpaired) electrons. The van der Waals surface area contributed by atoms with E-state index in [9.17, 15) is 4.79 Å². The third-order valence-corrected chi connectivity index (χ3v) is 4.33. The molecule has 1 fully saturated rings. The largest absolute Gasteiger partial charge is 0.377 e. The summed E-state index contributed by atoms with van der Waals surface area (Å²) in [4.78, 5) is 18.6. The quantitative estimate of drug-likeness (QED) is 0.843. The fourth-order valence-corrected chi connectivity index (χ4v) is 2.82. The summed E-state index contributed by atoms with van der Waals surface area (Å²) in [6, 6.07) is 8.24. The monoisotopic (exact) mass is 329 g/mol. The van der Waals surface area contributed by atoms with Crippen LogP contribution in [0.15, 0.2) is 28.8 Å². The molecule has 6 nitrogen and oxygen atoms in total. The van der Waals surface area contributed by atoms with Crippen LogP contribution in [0.1, 0.15) is 31.7 Å². The highest BCUT2D eigenvalue weighted by atomic mass is 16.5. The maximum atomic E-state index is 12.3. The molecule has 0 N–H and O–H groups in total. The van der Waals surface area contributed by atoms with Crippen LogP contribution in [0.3, 0.4) is 0 Å². The summed E-state index contributed by atoms with van der Waals surface area (Å²) in [6.07, 6.45) is 1.84. The van der Waals surface area contributed by atoms with Gasteiger partial charge in [-0.25, -0.2) is 0 Å². The Morgan fingerprint density at radius 2 is 2.12 bits per heavy atom. The zero-order valence-corrected chi connectivity index (χ0v) is 14.2. The number of aryl methyl sites for hydroxylation is 2. The lowest BCUT2D eigenvalue weighted by Crippen LogP contribution is -2.47. The molecular formula is C18H23N3O3. The Morgan fingerprint density at radius 1 is 1.33 bits per heavy atom. The molecule has 0 aliphatic carbocycles. The molecule has 1 atom stereocenters. The lowest BCUT2D eigenvalue weighted by atomic mass is 10.1. The number of hydrogen-bond acceptors (Lipinski definition) is 5. The van der Waals surface area contributed by atoms with E-state index in [0.717, 1.165) is 12.0 Å². The smallest absolute Gasteiger partial charge is 0.227 e. The van der Waals surface area contributed by atoms with Crippen molar-refractivity contribution in [2.45, 2.75) is 39.2 Å². The molecule has 128 valence electrons. The summed E-state index contributed by atoms with van der Waals surface area (Å²) in [5.74, 6) is 1.18. The van der Waals surface area contributed by atoms with Gasteiger partial charge in [-0.15, -0.1) is 0 Å². The van der Waals surface area contributed by atoms with Gasteiger partial charge in [-0.2, -0.15) is 4.98 Å². The van der Waals surface area contributed by atoms with Crippen LogP contribution in [0.25, 0.3) is 11.4 Å². The number of rotatable bonds is 5. The van der Waals surface area contributed by atoms with Crippen LogP contribution in [-0.2, 0) is 22.4 Å². The summed E-state index contributed by atoms with van der Waals surface area (Å²) >= 11 is 0. The molecule has 1 saturated heterocycles. The first-order valence-electron chi connectivity index (χ1n) is 8.46. The summed E-state index contributed by atoms with van der Waals surface area (Å²) < 4.78 is 10.6. The maximum absolute atomic E-state index is 12.3. The van der Waals surface area contributed by atoms with Gasteiger partial charge in [0.2, 0.25) is 17.6 Å². The van der Waals surface area contributed by atoms with Crippen LogP contribution >= 0.6 is 0 Å². The number of amides is 1. The topological polar surface area (TPSA) is 68.5 Å². The van der Waals surface area contributed by atoms with Crippen molar-refractivity contribution in [1.82, 2.24) is 15.0 Å². The number of morpholine rings is 1. The molecule has 1 aliphatic heterocycles. The predicted octanol–water partition coefficient (Wildman–Crippen LogP) is 2.48. The van der Waals surface area contributed by atoms with Gasteiger partial charge in [0, 0.05) is 24.9 Å². The Hall–Kier alpha value is -2.21. The van der Waals surface area contributed by atoms with Crippen molar-refractivity contribution < 1.29 is 14.1 Å². The fraction of sp³-hybridized carbons (Fsp3) is 0.500. The van der Waals surface area contributed by atoms with Crippen molar-refractivity contribution in [3.05, 3.63) is 35.7 Å². The van der Waals surface area contributed by atoms with E-state index in [1.54, 1.807) is 0 Å². The second-order valence-electron chi connectivity index (χ2n) is 6.07. The molecule has 24 heavy (non-hydrogen) atoms. The van der Waals surface area contributed by atoms with Crippen molar-refractivity contribution >= 4 is 5.91 Å². The molecule has 3 rings (SSSR count). The molecule has 1 amide bonds. The predicted molar refractivity (Wildman–Crippen MR) is 89.4 cm³/mol. The minimum Gasteiger partial charge on any atom is -0.377 e. The zero-order chi connectivity index (χ0) is 16.9. The van der Waals surface area contributed by atoms with Crippen LogP contribution in [0.2, 0.25) is 0 Å². The minimum atomic E-state index is 0.109. The number of benzene rings is 1. The third kappa shape index (κ3) is 3.82. The van der Waals surface area contributed by atoms with Gasteiger partial charge in [0.15, 0.2) is 0 Å². The van der Waals surface area contributed by atoms with Gasteiger partial charge < -0.3 is 14.2 Å². The van der Waals surface area contributed by atoms with E-state index in [0.29, 0.717) is 44.3 Å². The summed E-state index contributed by atoms with van der Waals surface area (Å²) in [6.45, 7) is 5.98. The first-order valence-corrected chi connectivity index (χ1v) is 8.46. The van der Waals surface area contributed by atoms with Gasteiger partial charge in [0.05, 0.1) is 19.3 Å². The summed E-state index contributed by atoms with van der Waals surface area (Å²) in [5, 5.41) is 4.02. The van der Waals surface area contributed by atoms with E-state index in [1.807, 2.05) is 24.0 Å². The molecule has 1 aliphatic rings. The summed E-state index contributed by atoms with van der Waals surface area (Å²) in [7, 11) is 0. The lowest BCUT2D eigenvalue weighted by molar-refractivity contribution is -0.139. The van der Waals surface area contributed by atoms with Crippen molar-refractivity contribution in [3.63, 3.8) is 0 Å². The SMILES string of the molecule is CCc1ccc(-c2noc(CCC(=O)N3CCOC[C@H]3C)n2)cc1. The molecule has 1 aromatic heterocycles. The van der Waals surface area contributed by atoms with Crippen molar-refractivity contribution in [3.8, 4) is 11.4 Å². The van der Waals surface area contributed by atoms with E-state index in [2.05, 4.69) is 29.2 Å². The average molecular weight is 329 g/mol. The molecule has 2 heterocycles. The van der Waals surface area contributed by atoms with E-state index in [1.165, 1.54) is 5.56 Å². The van der Waals surface area contributed by atoms with E-state index < -0.39 is 0 Å². The molecule has 0 spiro atoms. The van der Waals surface area contributed by atoms with Gasteiger partial charge in [0.25, 0.3) is 0 Å². The Balaban J connectivity index is 1.58. The van der Waals surface area contributed by atoms with Crippen LogP contribution in [-0.4, -0.2) is 46.7 Å². The highest BCUT2D eigenvalue weighted by Crippen LogP contribution is 2.18. The maximum Gasteiger partial charge on any atom is 0.227 e. The van der Waals surface area contributed by atoms with Crippen LogP contribution in [0.4, 0.5) is 0 Å². The first-order chi connectivity index (χ1) is 11.7. The highest BCUT2D eigenvalue weighted by Gasteiger charge is 2.23. The van der Waals surface area contributed by atoms with Crippen LogP contribution < -0.4 is 0 Å². The van der Waals surface area contributed by atoms with Crippen LogP contribution in [0, 0.1) is 0 Å². The van der Waals surface area contributed by atoms with Gasteiger partial charge >= 0.3 is 0 Å². The fourth-order valence-electron chi connectivity index (χ4n) is 2.82. The minimum absolute atomic E-state index is 0.109. The van der Waals surface area contributed by atoms with Gasteiger partial charge in [-0.05, 0) is 18.9 Å². The highest BCUT2D eigenvalue weighted by molar-refractivity contribution is 5.76. The molecule has 6 heteroatoms. The molecule has 0 bridgehead atoms. The number of hydrogen-bond donors (Lipinski definition) is 0. The Morgan fingerprint density at radius 3 is 2.83 bits per heavy atom. The molecular weight excluding hydrogens is 306 g/mol. The number of nitrogens with zero attached hydrogens (tertiary/aromatic N) is 3. The average Bonchev–Trinajstić information content (AvgIpc) is 3.09. The molecule has 1 aromatic carbocycles. The van der Waals surface area contributed by atoms with E-state index >= 15 is 0 Å². The second kappa shape index (κ2) is 7.57. The summed E-state index contributed by atoms with van der Waals surface area (Å²) in [5.41, 5.74) is 2.20. The normalized spacial score (nSPS) is 17.9. The molecule has 0 saturated carbocycles. The lowest BCUT2D eigenvalue weighted by Gasteiger charge is -2.33. The standard InChI is InChI=1S/C18H23N3O3/c1-3-14-4-6-15(7-5-14)18-19-16(24-20-18)8-9-17(22)21-10-11-23-12-13(21)2/h4-7,13H,3,8-12H2,1-2H3/t13-/m1/s1. The van der Waals surface area contributed by atoms with E-state index in [4.69, 9.17) is 9.26 Å². The first kappa shape index (κ1) is 16.6. The van der Waals surface area contributed by atoms with Crippen LogP contribution in [0.5, 0.6) is 0 Å². The Labute approximate surface area is 141 Å². The molecule has 0 unspecified atom stereocenters. The van der Waals surface area contributed by atoms with Crippen molar-refractivity contribution in [2.75, 3.05) is 19.8 Å². The Kier molecular flexibility index (Phi) is 5.25. The number of carbonyl (C=O) groups is 1. The number of aromatic nitrogens is 2. The third-order valence-electron chi connectivity index (χ3n) is 4.33. The number of ether oxygens (including phenoxy) is 1. The van der Waals surface area contributed by atoms with Gasteiger partial charge in [0.1, 0.15) is 0 Å². The second-order valence-corrected chi connectivity index (χ2v) is 6.07. The zero-order valence-electron chi connectivity index (χ0n) is 14.2. The van der Waals surface area contributed by atoms with E-state index in [-0.39, 0.29) is 11.9 Å². The Bertz CT molecular complexity index is 681.